The van der Waals surface area contributed by atoms with Crippen LogP contribution in [-0.4, -0.2) is 18.1 Å². The molecular weight excluding hydrogens is 291 g/mol. The SMILES string of the molecule is N[C@@H](CO)c1ccc(OC(F)(F)F)cc1Br. The minimum Gasteiger partial charge on any atom is -0.406 e. The molecule has 0 aliphatic heterocycles. The molecule has 0 radical (unpaired) electrons. The van der Waals surface area contributed by atoms with E-state index in [2.05, 4.69) is 20.7 Å². The molecule has 16 heavy (non-hydrogen) atoms. The van der Waals surface area contributed by atoms with Crippen molar-refractivity contribution in [2.24, 2.45) is 5.73 Å². The van der Waals surface area contributed by atoms with Gasteiger partial charge < -0.3 is 15.6 Å². The molecule has 0 heterocycles. The molecule has 0 aliphatic rings. The molecule has 0 saturated heterocycles. The van der Waals surface area contributed by atoms with E-state index in [0.29, 0.717) is 10.0 Å². The van der Waals surface area contributed by atoms with Crippen LogP contribution < -0.4 is 10.5 Å². The quantitative estimate of drug-likeness (QED) is 0.901. The minimum absolute atomic E-state index is 0.294. The van der Waals surface area contributed by atoms with Crippen LogP contribution in [0.2, 0.25) is 0 Å². The van der Waals surface area contributed by atoms with Gasteiger partial charge in [-0.3, -0.25) is 0 Å². The first-order valence-electron chi connectivity index (χ1n) is 4.25. The molecule has 90 valence electrons. The monoisotopic (exact) mass is 299 g/mol. The van der Waals surface area contributed by atoms with Crippen LogP contribution in [0.25, 0.3) is 0 Å². The summed E-state index contributed by atoms with van der Waals surface area (Å²) in [4.78, 5) is 0. The number of hydrogen-bond acceptors (Lipinski definition) is 3. The standard InChI is InChI=1S/C9H9BrF3NO2/c10-7-3-5(16-9(11,12)13)1-2-6(7)8(14)4-15/h1-3,8,15H,4,14H2/t8-/m0/s1. The van der Waals surface area contributed by atoms with Crippen LogP contribution in [0.15, 0.2) is 22.7 Å². The summed E-state index contributed by atoms with van der Waals surface area (Å²) in [5.41, 5.74) is 6.04. The van der Waals surface area contributed by atoms with Gasteiger partial charge in [0, 0.05) is 4.47 Å². The number of alkyl halides is 3. The Morgan fingerprint density at radius 1 is 1.44 bits per heavy atom. The van der Waals surface area contributed by atoms with Crippen LogP contribution >= 0.6 is 15.9 Å². The maximum Gasteiger partial charge on any atom is 0.573 e. The molecule has 0 aliphatic carbocycles. The molecule has 3 N–H and O–H groups in total. The summed E-state index contributed by atoms with van der Waals surface area (Å²) in [7, 11) is 0. The molecule has 0 amide bonds. The molecule has 1 rings (SSSR count). The highest BCUT2D eigenvalue weighted by Gasteiger charge is 2.31. The van der Waals surface area contributed by atoms with Gasteiger partial charge in [0.15, 0.2) is 0 Å². The highest BCUT2D eigenvalue weighted by atomic mass is 79.9. The lowest BCUT2D eigenvalue weighted by Gasteiger charge is -2.13. The average Bonchev–Trinajstić information content (AvgIpc) is 2.14. The Balaban J connectivity index is 2.91. The van der Waals surface area contributed by atoms with Gasteiger partial charge in [-0.25, -0.2) is 0 Å². The average molecular weight is 300 g/mol. The second-order valence-corrected chi connectivity index (χ2v) is 3.87. The topological polar surface area (TPSA) is 55.5 Å². The minimum atomic E-state index is -4.72. The zero-order valence-electron chi connectivity index (χ0n) is 7.96. The third kappa shape index (κ3) is 3.66. The molecule has 0 saturated carbocycles. The highest BCUT2D eigenvalue weighted by molar-refractivity contribution is 9.10. The normalized spacial score (nSPS) is 13.6. The van der Waals surface area contributed by atoms with Gasteiger partial charge in [0.1, 0.15) is 5.75 Å². The first-order valence-corrected chi connectivity index (χ1v) is 5.04. The lowest BCUT2D eigenvalue weighted by molar-refractivity contribution is -0.274. The molecule has 1 aromatic rings. The number of halogens is 4. The number of aliphatic hydroxyl groups excluding tert-OH is 1. The second kappa shape index (κ2) is 5.03. The third-order valence-corrected chi connectivity index (χ3v) is 2.49. The fraction of sp³-hybridized carbons (Fsp3) is 0.333. The zero-order chi connectivity index (χ0) is 12.3. The zero-order valence-corrected chi connectivity index (χ0v) is 9.55. The summed E-state index contributed by atoms with van der Waals surface area (Å²) < 4.78 is 39.8. The number of benzene rings is 1. The fourth-order valence-corrected chi connectivity index (χ4v) is 1.76. The van der Waals surface area contributed by atoms with Crippen molar-refractivity contribution in [2.75, 3.05) is 6.61 Å². The number of ether oxygens (including phenoxy) is 1. The molecule has 0 unspecified atom stereocenters. The largest absolute Gasteiger partial charge is 0.573 e. The van der Waals surface area contributed by atoms with Gasteiger partial charge in [-0.15, -0.1) is 13.2 Å². The van der Waals surface area contributed by atoms with E-state index in [1.54, 1.807) is 0 Å². The summed E-state index contributed by atoms with van der Waals surface area (Å²) in [6.07, 6.45) is -4.72. The molecule has 0 fully saturated rings. The molecule has 7 heteroatoms. The van der Waals surface area contributed by atoms with Crippen LogP contribution in [0, 0.1) is 0 Å². The Labute approximate surface area is 98.1 Å². The number of nitrogens with two attached hydrogens (primary N) is 1. The van der Waals surface area contributed by atoms with Crippen LogP contribution in [0.3, 0.4) is 0 Å². The Morgan fingerprint density at radius 2 is 2.06 bits per heavy atom. The van der Waals surface area contributed by atoms with Crippen molar-refractivity contribution in [3.05, 3.63) is 28.2 Å². The number of rotatable bonds is 3. The van der Waals surface area contributed by atoms with Gasteiger partial charge in [-0.2, -0.15) is 0 Å². The summed E-state index contributed by atoms with van der Waals surface area (Å²) in [5, 5.41) is 8.81. The Kier molecular flexibility index (Phi) is 4.17. The van der Waals surface area contributed by atoms with Gasteiger partial charge in [-0.05, 0) is 17.7 Å². The number of hydrogen-bond donors (Lipinski definition) is 2. The predicted molar refractivity (Wildman–Crippen MR) is 54.8 cm³/mol. The molecule has 1 atom stereocenters. The van der Waals surface area contributed by atoms with Gasteiger partial charge in [-0.1, -0.05) is 22.0 Å². The highest BCUT2D eigenvalue weighted by Crippen LogP contribution is 2.29. The van der Waals surface area contributed by atoms with E-state index in [9.17, 15) is 13.2 Å². The van der Waals surface area contributed by atoms with Crippen molar-refractivity contribution in [1.82, 2.24) is 0 Å². The van der Waals surface area contributed by atoms with Gasteiger partial charge >= 0.3 is 6.36 Å². The maximum atomic E-state index is 11.9. The van der Waals surface area contributed by atoms with E-state index in [4.69, 9.17) is 10.8 Å². The first kappa shape index (κ1) is 13.3. The van der Waals surface area contributed by atoms with E-state index >= 15 is 0 Å². The van der Waals surface area contributed by atoms with E-state index in [-0.39, 0.29) is 12.4 Å². The molecule has 3 nitrogen and oxygen atoms in total. The molecular formula is C9H9BrF3NO2. The Bertz CT molecular complexity index is 370. The third-order valence-electron chi connectivity index (χ3n) is 1.80. The van der Waals surface area contributed by atoms with Crippen molar-refractivity contribution < 1.29 is 23.0 Å². The smallest absolute Gasteiger partial charge is 0.406 e. The van der Waals surface area contributed by atoms with E-state index in [1.807, 2.05) is 0 Å². The summed E-state index contributed by atoms with van der Waals surface area (Å²) in [5.74, 6) is -0.340. The van der Waals surface area contributed by atoms with Crippen molar-refractivity contribution in [3.8, 4) is 5.75 Å². The van der Waals surface area contributed by atoms with Gasteiger partial charge in [0.05, 0.1) is 12.6 Å². The first-order chi connectivity index (χ1) is 7.33. The van der Waals surface area contributed by atoms with Gasteiger partial charge in [0.2, 0.25) is 0 Å². The summed E-state index contributed by atoms with van der Waals surface area (Å²) >= 11 is 3.06. The molecule has 0 bridgehead atoms. The van der Waals surface area contributed by atoms with Crippen molar-refractivity contribution in [2.45, 2.75) is 12.4 Å². The Hall–Kier alpha value is -0.790. The van der Waals surface area contributed by atoms with E-state index in [0.717, 1.165) is 12.1 Å². The number of aliphatic hydroxyl groups is 1. The van der Waals surface area contributed by atoms with E-state index < -0.39 is 12.4 Å². The van der Waals surface area contributed by atoms with Crippen LogP contribution in [0.4, 0.5) is 13.2 Å². The lowest BCUT2D eigenvalue weighted by atomic mass is 10.1. The van der Waals surface area contributed by atoms with Crippen LogP contribution in [0.5, 0.6) is 5.75 Å². The van der Waals surface area contributed by atoms with Gasteiger partial charge in [0.25, 0.3) is 0 Å². The van der Waals surface area contributed by atoms with E-state index in [1.165, 1.54) is 6.07 Å². The molecule has 0 aromatic heterocycles. The van der Waals surface area contributed by atoms with Crippen molar-refractivity contribution >= 4 is 15.9 Å². The predicted octanol–water partition coefficient (Wildman–Crippen LogP) is 2.34. The maximum absolute atomic E-state index is 11.9. The van der Waals surface area contributed by atoms with Crippen molar-refractivity contribution in [1.29, 1.82) is 0 Å². The summed E-state index contributed by atoms with van der Waals surface area (Å²) in [6.45, 7) is -0.294. The van der Waals surface area contributed by atoms with Crippen molar-refractivity contribution in [3.63, 3.8) is 0 Å². The Morgan fingerprint density at radius 3 is 2.50 bits per heavy atom. The lowest BCUT2D eigenvalue weighted by Crippen LogP contribution is -2.18. The molecule has 1 aromatic carbocycles. The fourth-order valence-electron chi connectivity index (χ4n) is 1.10. The summed E-state index contributed by atoms with van der Waals surface area (Å²) in [6, 6.07) is 3.02. The molecule has 0 spiro atoms. The van der Waals surface area contributed by atoms with Crippen LogP contribution in [-0.2, 0) is 0 Å². The van der Waals surface area contributed by atoms with Crippen LogP contribution in [0.1, 0.15) is 11.6 Å². The second-order valence-electron chi connectivity index (χ2n) is 3.02.